The van der Waals surface area contributed by atoms with Crippen LogP contribution in [-0.2, 0) is 22.3 Å². The van der Waals surface area contributed by atoms with Gasteiger partial charge < -0.3 is 19.6 Å². The smallest absolute Gasteiger partial charge is 0.425 e. The number of hydrogen-bond acceptors (Lipinski definition) is 5. The normalized spacial score (nSPS) is 24.8. The van der Waals surface area contributed by atoms with E-state index < -0.39 is 41.5 Å². The number of carbonyl (C=O) groups is 2. The van der Waals surface area contributed by atoms with E-state index in [2.05, 4.69) is 9.64 Å². The Bertz CT molecular complexity index is 1100. The summed E-state index contributed by atoms with van der Waals surface area (Å²) in [5.74, 6) is -0.980. The second-order valence-corrected chi connectivity index (χ2v) is 11.6. The van der Waals surface area contributed by atoms with Crippen LogP contribution in [0.1, 0.15) is 63.5 Å². The number of carboxylic acid groups (broad SMARTS) is 1. The number of halogens is 6. The molecule has 1 aromatic rings. The quantitative estimate of drug-likeness (QED) is 0.437. The van der Waals surface area contributed by atoms with Crippen molar-refractivity contribution in [3.63, 3.8) is 0 Å². The van der Waals surface area contributed by atoms with Gasteiger partial charge >= 0.3 is 24.4 Å². The molecule has 3 aliphatic heterocycles. The van der Waals surface area contributed by atoms with Crippen molar-refractivity contribution in [3.05, 3.63) is 29.3 Å². The molecule has 3 aliphatic rings. The van der Waals surface area contributed by atoms with Gasteiger partial charge in [-0.3, -0.25) is 9.69 Å². The van der Waals surface area contributed by atoms with E-state index in [1.807, 2.05) is 0 Å². The zero-order valence-electron chi connectivity index (χ0n) is 22.6. The summed E-state index contributed by atoms with van der Waals surface area (Å²) < 4.78 is 84.6. The number of rotatable bonds is 5. The van der Waals surface area contributed by atoms with Gasteiger partial charge in [0.25, 0.3) is 0 Å². The van der Waals surface area contributed by atoms with E-state index in [0.29, 0.717) is 50.0 Å². The van der Waals surface area contributed by atoms with Crippen molar-refractivity contribution in [2.75, 3.05) is 37.6 Å². The van der Waals surface area contributed by atoms with Crippen LogP contribution in [-0.4, -0.2) is 77.5 Å². The number of piperidine rings is 2. The van der Waals surface area contributed by atoms with Crippen molar-refractivity contribution in [2.45, 2.75) is 82.9 Å². The molecule has 4 rings (SSSR count). The lowest BCUT2D eigenvalue weighted by Gasteiger charge is -2.45. The minimum atomic E-state index is -4.65. The summed E-state index contributed by atoms with van der Waals surface area (Å²) in [6.45, 7) is 4.20. The van der Waals surface area contributed by atoms with Crippen LogP contribution in [0.15, 0.2) is 18.2 Å². The molecule has 1 amide bonds. The second kappa shape index (κ2) is 10.9. The number of carbonyl (C=O) groups excluding carboxylic acids is 1. The number of amides is 1. The lowest BCUT2D eigenvalue weighted by Crippen LogP contribution is -2.53. The van der Waals surface area contributed by atoms with Crippen molar-refractivity contribution in [1.29, 1.82) is 0 Å². The highest BCUT2D eigenvalue weighted by Crippen LogP contribution is 2.42. The first kappa shape index (κ1) is 30.3. The van der Waals surface area contributed by atoms with Crippen LogP contribution in [0, 0.1) is 5.41 Å². The first-order valence-corrected chi connectivity index (χ1v) is 13.5. The highest BCUT2D eigenvalue weighted by atomic mass is 19.4. The van der Waals surface area contributed by atoms with E-state index in [1.54, 1.807) is 17.9 Å². The molecule has 7 nitrogen and oxygen atoms in total. The van der Waals surface area contributed by atoms with E-state index in [4.69, 9.17) is 0 Å². The Morgan fingerprint density at radius 2 is 1.62 bits per heavy atom. The van der Waals surface area contributed by atoms with E-state index in [0.717, 1.165) is 31.9 Å². The number of nitrogens with zero attached hydrogens (tertiary/aromatic N) is 3. The molecule has 1 spiro atoms. The standard InChI is InChI=1S/C27H35F6N3O4/c1-18(26(28,29)30)40-23(39)34-11-7-25(8-12-34)6-4-10-36(25)16-19-13-20(27(31,32)33)15-21(14-19)35-9-3-5-24(2,17-35)22(37)38/h13-15,18H,3-12,16-17H2,1-2H3,(H,37,38). The molecule has 0 saturated carbocycles. The first-order valence-electron chi connectivity index (χ1n) is 13.5. The monoisotopic (exact) mass is 579 g/mol. The molecule has 224 valence electrons. The number of benzene rings is 1. The fourth-order valence-corrected chi connectivity index (χ4v) is 6.17. The summed E-state index contributed by atoms with van der Waals surface area (Å²) in [7, 11) is 0. The van der Waals surface area contributed by atoms with Gasteiger partial charge in [0.15, 0.2) is 6.10 Å². The molecule has 1 N–H and O–H groups in total. The highest BCUT2D eigenvalue weighted by molar-refractivity contribution is 5.75. The predicted molar refractivity (Wildman–Crippen MR) is 134 cm³/mol. The Labute approximate surface area is 229 Å². The number of likely N-dealkylation sites (tertiary alicyclic amines) is 2. The van der Waals surface area contributed by atoms with E-state index in [9.17, 15) is 41.0 Å². The van der Waals surface area contributed by atoms with E-state index >= 15 is 0 Å². The Kier molecular flexibility index (Phi) is 8.28. The molecule has 13 heteroatoms. The maximum Gasteiger partial charge on any atom is 0.425 e. The van der Waals surface area contributed by atoms with Crippen LogP contribution in [0.3, 0.4) is 0 Å². The summed E-state index contributed by atoms with van der Waals surface area (Å²) in [4.78, 5) is 29.2. The molecule has 3 saturated heterocycles. The summed E-state index contributed by atoms with van der Waals surface area (Å²) in [5.41, 5.74) is -1.45. The van der Waals surface area contributed by atoms with Crippen LogP contribution in [0.5, 0.6) is 0 Å². The van der Waals surface area contributed by atoms with Crippen molar-refractivity contribution < 1.29 is 45.8 Å². The molecular formula is C27H35F6N3O4. The molecule has 3 heterocycles. The van der Waals surface area contributed by atoms with Gasteiger partial charge in [-0.25, -0.2) is 4.79 Å². The Morgan fingerprint density at radius 1 is 0.975 bits per heavy atom. The maximum atomic E-state index is 13.9. The molecule has 40 heavy (non-hydrogen) atoms. The fourth-order valence-electron chi connectivity index (χ4n) is 6.17. The summed E-state index contributed by atoms with van der Waals surface area (Å²) >= 11 is 0. The zero-order chi connectivity index (χ0) is 29.5. The van der Waals surface area contributed by atoms with Gasteiger partial charge in [0, 0.05) is 44.0 Å². The van der Waals surface area contributed by atoms with Crippen molar-refractivity contribution in [3.8, 4) is 0 Å². The number of hydrogen-bond donors (Lipinski definition) is 1. The third-order valence-corrected chi connectivity index (χ3v) is 8.69. The average molecular weight is 580 g/mol. The summed E-state index contributed by atoms with van der Waals surface area (Å²) in [5, 5.41) is 9.67. The molecule has 2 atom stereocenters. The largest absolute Gasteiger partial charge is 0.481 e. The third-order valence-electron chi connectivity index (χ3n) is 8.69. The molecule has 3 fully saturated rings. The van der Waals surface area contributed by atoms with Crippen LogP contribution >= 0.6 is 0 Å². The summed E-state index contributed by atoms with van der Waals surface area (Å²) in [6, 6.07) is 3.89. The minimum absolute atomic E-state index is 0.107. The topological polar surface area (TPSA) is 73.3 Å². The van der Waals surface area contributed by atoms with Crippen molar-refractivity contribution >= 4 is 17.7 Å². The van der Waals surface area contributed by atoms with Gasteiger partial charge in [0.1, 0.15) is 0 Å². The minimum Gasteiger partial charge on any atom is -0.481 e. The van der Waals surface area contributed by atoms with Gasteiger partial charge in [0.2, 0.25) is 0 Å². The molecule has 1 aromatic carbocycles. The lowest BCUT2D eigenvalue weighted by atomic mass is 9.81. The van der Waals surface area contributed by atoms with Gasteiger partial charge in [-0.1, -0.05) is 0 Å². The van der Waals surface area contributed by atoms with Gasteiger partial charge in [0.05, 0.1) is 11.0 Å². The number of alkyl halides is 6. The SMILES string of the molecule is CC(OC(=O)N1CCC2(CCCN2Cc2cc(N3CCCC(C)(C(=O)O)C3)cc(C(F)(F)F)c2)CC1)C(F)(F)F. The lowest BCUT2D eigenvalue weighted by molar-refractivity contribution is -0.200. The van der Waals surface area contributed by atoms with Crippen LogP contribution in [0.4, 0.5) is 36.8 Å². The average Bonchev–Trinajstić information content (AvgIpc) is 3.24. The molecule has 2 unspecified atom stereocenters. The molecule has 0 radical (unpaired) electrons. The molecule has 0 aromatic heterocycles. The Balaban J connectivity index is 1.50. The zero-order valence-corrected chi connectivity index (χ0v) is 22.6. The molecular weight excluding hydrogens is 544 g/mol. The van der Waals surface area contributed by atoms with Crippen LogP contribution in [0.2, 0.25) is 0 Å². The van der Waals surface area contributed by atoms with Gasteiger partial charge in [-0.15, -0.1) is 0 Å². The molecule has 0 aliphatic carbocycles. The fraction of sp³-hybridized carbons (Fsp3) is 0.704. The van der Waals surface area contributed by atoms with E-state index in [-0.39, 0.29) is 31.7 Å². The van der Waals surface area contributed by atoms with E-state index in [1.165, 1.54) is 4.90 Å². The maximum absolute atomic E-state index is 13.9. The number of anilines is 1. The summed E-state index contributed by atoms with van der Waals surface area (Å²) in [6.07, 6.45) is -8.98. The first-order chi connectivity index (χ1) is 18.5. The predicted octanol–water partition coefficient (Wildman–Crippen LogP) is 5.91. The van der Waals surface area contributed by atoms with Gasteiger partial charge in [-0.2, -0.15) is 26.3 Å². The molecule has 0 bridgehead atoms. The van der Waals surface area contributed by atoms with Crippen LogP contribution in [0.25, 0.3) is 0 Å². The second-order valence-electron chi connectivity index (χ2n) is 11.6. The Hall–Kier alpha value is -2.70. The number of ether oxygens (including phenoxy) is 1. The van der Waals surface area contributed by atoms with Crippen molar-refractivity contribution in [2.24, 2.45) is 5.41 Å². The van der Waals surface area contributed by atoms with Gasteiger partial charge in [-0.05, 0) is 82.7 Å². The van der Waals surface area contributed by atoms with Crippen LogP contribution < -0.4 is 4.90 Å². The highest BCUT2D eigenvalue weighted by Gasteiger charge is 2.46. The third kappa shape index (κ3) is 6.44. The number of carboxylic acids is 1. The number of aliphatic carboxylic acids is 1. The van der Waals surface area contributed by atoms with Crippen molar-refractivity contribution in [1.82, 2.24) is 9.80 Å². The Morgan fingerprint density at radius 3 is 2.23 bits per heavy atom.